The second-order valence-electron chi connectivity index (χ2n) is 3.54. The minimum Gasteiger partial charge on any atom is -0.477 e. The summed E-state index contributed by atoms with van der Waals surface area (Å²) in [6.45, 7) is 1.82. The zero-order chi connectivity index (χ0) is 11.7. The van der Waals surface area contributed by atoms with Crippen LogP contribution >= 0.6 is 0 Å². The summed E-state index contributed by atoms with van der Waals surface area (Å²) in [6, 6.07) is 9.37. The number of hydrogen-bond acceptors (Lipinski definition) is 2. The van der Waals surface area contributed by atoms with E-state index in [-0.39, 0.29) is 12.2 Å². The Balaban J connectivity index is 2.87. The molecular formula is C12H10N2O2. The highest BCUT2D eigenvalue weighted by Crippen LogP contribution is 2.25. The quantitative estimate of drug-likeness (QED) is 0.833. The zero-order valence-electron chi connectivity index (χ0n) is 8.77. The molecule has 0 atom stereocenters. The summed E-state index contributed by atoms with van der Waals surface area (Å²) in [5.41, 5.74) is 1.69. The second-order valence-corrected chi connectivity index (χ2v) is 3.54. The van der Waals surface area contributed by atoms with Crippen molar-refractivity contribution in [2.75, 3.05) is 0 Å². The van der Waals surface area contributed by atoms with E-state index in [0.29, 0.717) is 5.56 Å². The van der Waals surface area contributed by atoms with Gasteiger partial charge in [-0.1, -0.05) is 18.2 Å². The average molecular weight is 214 g/mol. The molecule has 1 heterocycles. The number of para-hydroxylation sites is 1. The molecule has 2 aromatic rings. The number of carboxylic acids is 1. The topological polar surface area (TPSA) is 66.0 Å². The van der Waals surface area contributed by atoms with E-state index >= 15 is 0 Å². The van der Waals surface area contributed by atoms with E-state index in [0.717, 1.165) is 10.9 Å². The largest absolute Gasteiger partial charge is 0.477 e. The SMILES string of the molecule is Cc1c(C(=O)O)n(CC#N)c2ccccc12. The maximum absolute atomic E-state index is 11.2. The normalized spacial score (nSPS) is 10.2. The van der Waals surface area contributed by atoms with Crippen LogP contribution in [0, 0.1) is 18.3 Å². The number of aryl methyl sites for hydroxylation is 1. The predicted octanol–water partition coefficient (Wildman–Crippen LogP) is 2.17. The van der Waals surface area contributed by atoms with Crippen molar-refractivity contribution in [2.24, 2.45) is 0 Å². The second kappa shape index (κ2) is 3.70. The van der Waals surface area contributed by atoms with Crippen LogP contribution in [0.5, 0.6) is 0 Å². The summed E-state index contributed by atoms with van der Waals surface area (Å²) in [5.74, 6) is -0.996. The molecule has 1 aromatic carbocycles. The van der Waals surface area contributed by atoms with E-state index in [4.69, 9.17) is 10.4 Å². The number of fused-ring (bicyclic) bond motifs is 1. The lowest BCUT2D eigenvalue weighted by Gasteiger charge is -2.02. The minimum atomic E-state index is -0.996. The lowest BCUT2D eigenvalue weighted by atomic mass is 10.1. The summed E-state index contributed by atoms with van der Waals surface area (Å²) < 4.78 is 1.53. The van der Waals surface area contributed by atoms with Crippen LogP contribution in [0.1, 0.15) is 16.1 Å². The Hall–Kier alpha value is -2.28. The highest BCUT2D eigenvalue weighted by molar-refractivity contribution is 5.98. The van der Waals surface area contributed by atoms with E-state index in [1.54, 1.807) is 6.92 Å². The van der Waals surface area contributed by atoms with E-state index in [2.05, 4.69) is 0 Å². The molecule has 0 spiro atoms. The van der Waals surface area contributed by atoms with Gasteiger partial charge in [0.25, 0.3) is 0 Å². The van der Waals surface area contributed by atoms with Crippen LogP contribution in [0.15, 0.2) is 24.3 Å². The Kier molecular flexibility index (Phi) is 2.37. The Morgan fingerprint density at radius 1 is 1.50 bits per heavy atom. The van der Waals surface area contributed by atoms with Gasteiger partial charge in [0.05, 0.1) is 6.07 Å². The molecule has 0 fully saturated rings. The summed E-state index contributed by atoms with van der Waals surface area (Å²) in [7, 11) is 0. The number of hydrogen-bond donors (Lipinski definition) is 1. The number of carboxylic acid groups (broad SMARTS) is 1. The molecule has 0 saturated carbocycles. The number of nitriles is 1. The first-order valence-electron chi connectivity index (χ1n) is 4.85. The standard InChI is InChI=1S/C12H10N2O2/c1-8-9-4-2-3-5-10(9)14(7-6-13)11(8)12(15)16/h2-5H,7H2,1H3,(H,15,16). The smallest absolute Gasteiger partial charge is 0.352 e. The fraction of sp³-hybridized carbons (Fsp3) is 0.167. The molecule has 16 heavy (non-hydrogen) atoms. The highest BCUT2D eigenvalue weighted by atomic mass is 16.4. The van der Waals surface area contributed by atoms with Crippen molar-refractivity contribution >= 4 is 16.9 Å². The molecule has 0 saturated heterocycles. The van der Waals surface area contributed by atoms with Crippen LogP contribution in [-0.2, 0) is 6.54 Å². The van der Waals surface area contributed by atoms with Crippen molar-refractivity contribution in [1.82, 2.24) is 4.57 Å². The monoisotopic (exact) mass is 214 g/mol. The molecule has 4 nitrogen and oxygen atoms in total. The van der Waals surface area contributed by atoms with Gasteiger partial charge in [0.15, 0.2) is 0 Å². The molecule has 1 aromatic heterocycles. The first kappa shape index (κ1) is 10.2. The van der Waals surface area contributed by atoms with Gasteiger partial charge in [0.1, 0.15) is 12.2 Å². The Labute approximate surface area is 92.3 Å². The number of benzene rings is 1. The van der Waals surface area contributed by atoms with Crippen LogP contribution in [-0.4, -0.2) is 15.6 Å². The lowest BCUT2D eigenvalue weighted by molar-refractivity contribution is 0.0685. The number of nitrogens with zero attached hydrogens (tertiary/aromatic N) is 2. The summed E-state index contributed by atoms with van der Waals surface area (Å²) >= 11 is 0. The Bertz CT molecular complexity index is 605. The molecule has 1 N–H and O–H groups in total. The zero-order valence-corrected chi connectivity index (χ0v) is 8.77. The van der Waals surface area contributed by atoms with Gasteiger partial charge >= 0.3 is 5.97 Å². The maximum Gasteiger partial charge on any atom is 0.352 e. The average Bonchev–Trinajstić information content (AvgIpc) is 2.54. The number of aromatic carboxylic acids is 1. The fourth-order valence-electron chi connectivity index (χ4n) is 1.99. The first-order chi connectivity index (χ1) is 7.66. The summed E-state index contributed by atoms with van der Waals surface area (Å²) in [4.78, 5) is 11.2. The van der Waals surface area contributed by atoms with E-state index in [1.165, 1.54) is 4.57 Å². The van der Waals surface area contributed by atoms with Gasteiger partial charge in [-0.25, -0.2) is 4.79 Å². The third kappa shape index (κ3) is 1.34. The third-order valence-electron chi connectivity index (χ3n) is 2.66. The van der Waals surface area contributed by atoms with Gasteiger partial charge < -0.3 is 9.67 Å². The minimum absolute atomic E-state index is 0.0516. The molecular weight excluding hydrogens is 204 g/mol. The van der Waals surface area contributed by atoms with Crippen molar-refractivity contribution in [3.8, 4) is 6.07 Å². The molecule has 0 radical (unpaired) electrons. The molecule has 0 amide bonds. The Morgan fingerprint density at radius 2 is 2.19 bits per heavy atom. The molecule has 80 valence electrons. The molecule has 0 bridgehead atoms. The highest BCUT2D eigenvalue weighted by Gasteiger charge is 2.18. The molecule has 4 heteroatoms. The van der Waals surface area contributed by atoms with E-state index in [1.807, 2.05) is 30.3 Å². The van der Waals surface area contributed by atoms with Gasteiger partial charge in [-0.2, -0.15) is 5.26 Å². The molecule has 0 aliphatic heterocycles. The predicted molar refractivity (Wildman–Crippen MR) is 59.2 cm³/mol. The first-order valence-corrected chi connectivity index (χ1v) is 4.85. The van der Waals surface area contributed by atoms with Gasteiger partial charge in [-0.3, -0.25) is 0 Å². The van der Waals surface area contributed by atoms with Crippen LogP contribution in [0.2, 0.25) is 0 Å². The maximum atomic E-state index is 11.2. The number of carbonyl (C=O) groups is 1. The summed E-state index contributed by atoms with van der Waals surface area (Å²) in [6.07, 6.45) is 0. The van der Waals surface area contributed by atoms with Crippen molar-refractivity contribution < 1.29 is 9.90 Å². The van der Waals surface area contributed by atoms with E-state index < -0.39 is 5.97 Å². The molecule has 0 aliphatic carbocycles. The molecule has 0 unspecified atom stereocenters. The van der Waals surface area contributed by atoms with Gasteiger partial charge in [0, 0.05) is 10.9 Å². The fourth-order valence-corrected chi connectivity index (χ4v) is 1.99. The number of aromatic nitrogens is 1. The van der Waals surface area contributed by atoms with Crippen LogP contribution in [0.25, 0.3) is 10.9 Å². The van der Waals surface area contributed by atoms with Gasteiger partial charge in [-0.05, 0) is 18.6 Å². The molecule has 0 aliphatic rings. The Morgan fingerprint density at radius 3 is 2.81 bits per heavy atom. The van der Waals surface area contributed by atoms with Crippen LogP contribution in [0.3, 0.4) is 0 Å². The van der Waals surface area contributed by atoms with Crippen molar-refractivity contribution in [2.45, 2.75) is 13.5 Å². The van der Waals surface area contributed by atoms with Crippen molar-refractivity contribution in [3.63, 3.8) is 0 Å². The third-order valence-corrected chi connectivity index (χ3v) is 2.66. The number of rotatable bonds is 2. The van der Waals surface area contributed by atoms with Crippen LogP contribution in [0.4, 0.5) is 0 Å². The lowest BCUT2D eigenvalue weighted by Crippen LogP contribution is -2.08. The summed E-state index contributed by atoms with van der Waals surface area (Å²) in [5, 5.41) is 18.8. The van der Waals surface area contributed by atoms with Gasteiger partial charge in [0.2, 0.25) is 0 Å². The van der Waals surface area contributed by atoms with Crippen molar-refractivity contribution in [1.29, 1.82) is 5.26 Å². The van der Waals surface area contributed by atoms with E-state index in [9.17, 15) is 4.79 Å². The van der Waals surface area contributed by atoms with Gasteiger partial charge in [-0.15, -0.1) is 0 Å². The van der Waals surface area contributed by atoms with Crippen LogP contribution < -0.4 is 0 Å². The van der Waals surface area contributed by atoms with Crippen molar-refractivity contribution in [3.05, 3.63) is 35.5 Å². The molecule has 2 rings (SSSR count).